The predicted molar refractivity (Wildman–Crippen MR) is 103 cm³/mol. The number of aromatic nitrogens is 2. The van der Waals surface area contributed by atoms with Gasteiger partial charge in [0.15, 0.2) is 0 Å². The SMILES string of the molecule is COc1ccccc1C1CNCCN1Cc1ccnc(N(C)C)n1.Cl. The van der Waals surface area contributed by atoms with E-state index in [-0.39, 0.29) is 18.4 Å². The standard InChI is InChI=1S/C18H25N5O.ClH/c1-22(2)18-20-9-8-14(21-18)13-23-11-10-19-12-16(23)15-6-4-5-7-17(15)24-3;/h4-9,16,19H,10-13H2,1-3H3;1H. The Bertz CT molecular complexity index is 682. The molecule has 1 atom stereocenters. The Morgan fingerprint density at radius 1 is 1.28 bits per heavy atom. The van der Waals surface area contributed by atoms with E-state index in [0.29, 0.717) is 0 Å². The normalized spacial score (nSPS) is 17.6. The summed E-state index contributed by atoms with van der Waals surface area (Å²) < 4.78 is 5.56. The van der Waals surface area contributed by atoms with Gasteiger partial charge in [0.2, 0.25) is 5.95 Å². The van der Waals surface area contributed by atoms with Crippen molar-refractivity contribution in [3.05, 3.63) is 47.8 Å². The van der Waals surface area contributed by atoms with E-state index in [1.165, 1.54) is 5.56 Å². The van der Waals surface area contributed by atoms with Crippen molar-refractivity contribution in [3.8, 4) is 5.75 Å². The number of halogens is 1. The van der Waals surface area contributed by atoms with Gasteiger partial charge < -0.3 is 15.0 Å². The lowest BCUT2D eigenvalue weighted by Gasteiger charge is -2.36. The van der Waals surface area contributed by atoms with Crippen molar-refractivity contribution >= 4 is 18.4 Å². The monoisotopic (exact) mass is 363 g/mol. The molecule has 1 saturated heterocycles. The lowest BCUT2D eigenvalue weighted by atomic mass is 10.0. The topological polar surface area (TPSA) is 53.5 Å². The molecule has 0 bridgehead atoms. The molecular formula is C18H26ClN5O. The summed E-state index contributed by atoms with van der Waals surface area (Å²) in [5.41, 5.74) is 2.25. The second kappa shape index (κ2) is 8.99. The van der Waals surface area contributed by atoms with Gasteiger partial charge in [-0.3, -0.25) is 4.90 Å². The average Bonchev–Trinajstić information content (AvgIpc) is 2.62. The minimum atomic E-state index is 0. The first-order valence-corrected chi connectivity index (χ1v) is 8.26. The number of nitrogens with zero attached hydrogens (tertiary/aromatic N) is 4. The second-order valence-electron chi connectivity index (χ2n) is 6.17. The van der Waals surface area contributed by atoms with Crippen molar-refractivity contribution in [2.24, 2.45) is 0 Å². The maximum atomic E-state index is 5.56. The van der Waals surface area contributed by atoms with Gasteiger partial charge in [0.05, 0.1) is 18.8 Å². The molecule has 0 aliphatic carbocycles. The molecular weight excluding hydrogens is 338 g/mol. The van der Waals surface area contributed by atoms with Crippen molar-refractivity contribution in [3.63, 3.8) is 0 Å². The molecule has 2 aromatic rings. The average molecular weight is 364 g/mol. The molecule has 1 aromatic carbocycles. The Labute approximate surface area is 155 Å². The molecule has 3 rings (SSSR count). The number of hydrogen-bond acceptors (Lipinski definition) is 6. The highest BCUT2D eigenvalue weighted by Crippen LogP contribution is 2.30. The molecule has 7 heteroatoms. The number of hydrogen-bond donors (Lipinski definition) is 1. The summed E-state index contributed by atoms with van der Waals surface area (Å²) in [6.07, 6.45) is 1.83. The number of methoxy groups -OCH3 is 1. The number of para-hydroxylation sites is 1. The quantitative estimate of drug-likeness (QED) is 0.878. The van der Waals surface area contributed by atoms with E-state index >= 15 is 0 Å². The lowest BCUT2D eigenvalue weighted by molar-refractivity contribution is 0.149. The van der Waals surface area contributed by atoms with E-state index in [0.717, 1.165) is 43.6 Å². The fourth-order valence-electron chi connectivity index (χ4n) is 3.08. The Morgan fingerprint density at radius 3 is 2.84 bits per heavy atom. The summed E-state index contributed by atoms with van der Waals surface area (Å²) >= 11 is 0. The third-order valence-corrected chi connectivity index (χ3v) is 4.32. The highest BCUT2D eigenvalue weighted by molar-refractivity contribution is 5.85. The summed E-state index contributed by atoms with van der Waals surface area (Å²) in [6.45, 7) is 3.67. The molecule has 1 N–H and O–H groups in total. The van der Waals surface area contributed by atoms with Gasteiger partial charge in [-0.05, 0) is 12.1 Å². The largest absolute Gasteiger partial charge is 0.496 e. The van der Waals surface area contributed by atoms with Crippen molar-refractivity contribution in [2.75, 3.05) is 45.7 Å². The third-order valence-electron chi connectivity index (χ3n) is 4.32. The summed E-state index contributed by atoms with van der Waals surface area (Å²) in [5.74, 6) is 1.68. The zero-order chi connectivity index (χ0) is 16.9. The molecule has 1 aliphatic rings. The Balaban J connectivity index is 0.00000225. The van der Waals surface area contributed by atoms with Crippen molar-refractivity contribution in [1.29, 1.82) is 0 Å². The van der Waals surface area contributed by atoms with Gasteiger partial charge in [-0.15, -0.1) is 12.4 Å². The maximum absolute atomic E-state index is 5.56. The molecule has 0 radical (unpaired) electrons. The summed E-state index contributed by atoms with van der Waals surface area (Å²) in [6, 6.07) is 10.5. The number of benzene rings is 1. The Morgan fingerprint density at radius 2 is 2.08 bits per heavy atom. The molecule has 1 unspecified atom stereocenters. The highest BCUT2D eigenvalue weighted by atomic mass is 35.5. The van der Waals surface area contributed by atoms with Crippen LogP contribution in [0.15, 0.2) is 36.5 Å². The molecule has 136 valence electrons. The van der Waals surface area contributed by atoms with E-state index in [1.54, 1.807) is 7.11 Å². The molecule has 1 aromatic heterocycles. The van der Waals surface area contributed by atoms with Crippen LogP contribution in [0.5, 0.6) is 5.75 Å². The Kier molecular flexibility index (Phi) is 6.99. The highest BCUT2D eigenvalue weighted by Gasteiger charge is 2.26. The molecule has 25 heavy (non-hydrogen) atoms. The van der Waals surface area contributed by atoms with Gasteiger partial charge in [-0.2, -0.15) is 0 Å². The van der Waals surface area contributed by atoms with E-state index in [2.05, 4.69) is 32.3 Å². The Hall–Kier alpha value is -1.89. The van der Waals surface area contributed by atoms with E-state index in [1.807, 2.05) is 43.4 Å². The van der Waals surface area contributed by atoms with E-state index < -0.39 is 0 Å². The van der Waals surface area contributed by atoms with Crippen molar-refractivity contribution in [1.82, 2.24) is 20.2 Å². The first-order chi connectivity index (χ1) is 11.7. The number of ether oxygens (including phenoxy) is 1. The van der Waals surface area contributed by atoms with Crippen LogP contribution in [0.1, 0.15) is 17.3 Å². The van der Waals surface area contributed by atoms with Crippen LogP contribution in [0, 0.1) is 0 Å². The second-order valence-corrected chi connectivity index (χ2v) is 6.17. The minimum absolute atomic E-state index is 0. The smallest absolute Gasteiger partial charge is 0.225 e. The van der Waals surface area contributed by atoms with Crippen LogP contribution >= 0.6 is 12.4 Å². The van der Waals surface area contributed by atoms with Crippen LogP contribution in [-0.4, -0.2) is 55.7 Å². The molecule has 6 nitrogen and oxygen atoms in total. The third kappa shape index (κ3) is 4.60. The molecule has 2 heterocycles. The first kappa shape index (κ1) is 19.4. The van der Waals surface area contributed by atoms with Crippen LogP contribution in [0.25, 0.3) is 0 Å². The number of anilines is 1. The van der Waals surface area contributed by atoms with Gasteiger partial charge in [-0.1, -0.05) is 18.2 Å². The van der Waals surface area contributed by atoms with E-state index in [4.69, 9.17) is 4.74 Å². The molecule has 0 spiro atoms. The van der Waals surface area contributed by atoms with Crippen LogP contribution in [0.2, 0.25) is 0 Å². The molecule has 1 aliphatic heterocycles. The van der Waals surface area contributed by atoms with Crippen LogP contribution in [0.4, 0.5) is 5.95 Å². The first-order valence-electron chi connectivity index (χ1n) is 8.26. The van der Waals surface area contributed by atoms with Gasteiger partial charge >= 0.3 is 0 Å². The minimum Gasteiger partial charge on any atom is -0.496 e. The fraction of sp³-hybridized carbons (Fsp3) is 0.444. The molecule has 0 saturated carbocycles. The fourth-order valence-corrected chi connectivity index (χ4v) is 3.08. The van der Waals surface area contributed by atoms with Gasteiger partial charge in [0, 0.05) is 52.0 Å². The molecule has 0 amide bonds. The van der Waals surface area contributed by atoms with Crippen molar-refractivity contribution in [2.45, 2.75) is 12.6 Å². The molecule has 1 fully saturated rings. The number of rotatable bonds is 5. The van der Waals surface area contributed by atoms with Gasteiger partial charge in [0.1, 0.15) is 5.75 Å². The van der Waals surface area contributed by atoms with Crippen LogP contribution in [0.3, 0.4) is 0 Å². The lowest BCUT2D eigenvalue weighted by Crippen LogP contribution is -2.45. The summed E-state index contributed by atoms with van der Waals surface area (Å²) in [5, 5.41) is 3.49. The summed E-state index contributed by atoms with van der Waals surface area (Å²) in [4.78, 5) is 13.3. The summed E-state index contributed by atoms with van der Waals surface area (Å²) in [7, 11) is 5.65. The van der Waals surface area contributed by atoms with E-state index in [9.17, 15) is 0 Å². The number of nitrogens with one attached hydrogen (secondary N) is 1. The van der Waals surface area contributed by atoms with Crippen molar-refractivity contribution < 1.29 is 4.74 Å². The van der Waals surface area contributed by atoms with Crippen LogP contribution < -0.4 is 15.0 Å². The van der Waals surface area contributed by atoms with Gasteiger partial charge in [-0.25, -0.2) is 9.97 Å². The zero-order valence-electron chi connectivity index (χ0n) is 15.0. The van der Waals surface area contributed by atoms with Gasteiger partial charge in [0.25, 0.3) is 0 Å². The zero-order valence-corrected chi connectivity index (χ0v) is 15.8. The number of piperazine rings is 1. The predicted octanol–water partition coefficient (Wildman–Crippen LogP) is 2.12. The van der Waals surface area contributed by atoms with Crippen LogP contribution in [-0.2, 0) is 6.54 Å². The maximum Gasteiger partial charge on any atom is 0.225 e.